The summed E-state index contributed by atoms with van der Waals surface area (Å²) in [5.74, 6) is 1.46. The number of benzene rings is 4. The van der Waals surface area contributed by atoms with E-state index in [-0.39, 0.29) is 40.7 Å². The Bertz CT molecular complexity index is 1740. The minimum atomic E-state index is -3.94. The van der Waals surface area contributed by atoms with Gasteiger partial charge in [0.05, 0.1) is 23.1 Å². The Balaban J connectivity index is 1.34. The number of carbonyl (C=O) groups is 1. The van der Waals surface area contributed by atoms with E-state index in [1.165, 1.54) is 30.3 Å². The van der Waals surface area contributed by atoms with E-state index < -0.39 is 16.1 Å². The van der Waals surface area contributed by atoms with Gasteiger partial charge < -0.3 is 19.5 Å². The van der Waals surface area contributed by atoms with Gasteiger partial charge in [0.1, 0.15) is 23.4 Å². The minimum absolute atomic E-state index is 0.0389. The number of hydrogen-bond donors (Lipinski definition) is 2. The van der Waals surface area contributed by atoms with Crippen LogP contribution in [0.25, 0.3) is 0 Å². The van der Waals surface area contributed by atoms with Gasteiger partial charge in [-0.2, -0.15) is 0 Å². The van der Waals surface area contributed by atoms with Gasteiger partial charge in [0.25, 0.3) is 15.9 Å². The van der Waals surface area contributed by atoms with Crippen LogP contribution in [0.3, 0.4) is 0 Å². The van der Waals surface area contributed by atoms with E-state index in [0.717, 1.165) is 17.1 Å². The summed E-state index contributed by atoms with van der Waals surface area (Å²) in [6.45, 7) is 5.16. The smallest absolute Gasteiger partial charge is 0.261 e. The summed E-state index contributed by atoms with van der Waals surface area (Å²) in [6.07, 6.45) is -0.303. The minimum Gasteiger partial charge on any atom is -0.488 e. The molecular formula is C35H38ClN3O6S. The van der Waals surface area contributed by atoms with E-state index in [2.05, 4.69) is 9.62 Å². The Morgan fingerprint density at radius 3 is 2.37 bits per heavy atom. The second-order valence-corrected chi connectivity index (χ2v) is 13.8. The number of amides is 1. The molecule has 0 unspecified atom stereocenters. The summed E-state index contributed by atoms with van der Waals surface area (Å²) < 4.78 is 41.1. The molecule has 1 aliphatic rings. The van der Waals surface area contributed by atoms with Crippen molar-refractivity contribution in [2.24, 2.45) is 5.92 Å². The first-order valence-electron chi connectivity index (χ1n) is 15.0. The second-order valence-electron chi connectivity index (χ2n) is 11.6. The molecule has 0 radical (unpaired) electrons. The Hall–Kier alpha value is -4.09. The van der Waals surface area contributed by atoms with Crippen molar-refractivity contribution in [1.29, 1.82) is 0 Å². The molecule has 3 atom stereocenters. The average Bonchev–Trinajstić information content (AvgIpc) is 3.04. The number of aliphatic hydroxyl groups is 1. The van der Waals surface area contributed by atoms with Gasteiger partial charge in [0, 0.05) is 36.3 Å². The number of aliphatic hydroxyl groups excluding tert-OH is 1. The van der Waals surface area contributed by atoms with Crippen molar-refractivity contribution in [3.05, 3.63) is 113 Å². The molecule has 5 rings (SSSR count). The van der Waals surface area contributed by atoms with Crippen LogP contribution in [-0.2, 0) is 16.6 Å². The summed E-state index contributed by atoms with van der Waals surface area (Å²) >= 11 is 5.92. The predicted octanol–water partition coefficient (Wildman–Crippen LogP) is 6.29. The molecule has 4 aromatic carbocycles. The van der Waals surface area contributed by atoms with Crippen molar-refractivity contribution in [3.63, 3.8) is 0 Å². The van der Waals surface area contributed by atoms with E-state index in [4.69, 9.17) is 21.1 Å². The Labute approximate surface area is 275 Å². The first-order chi connectivity index (χ1) is 22.0. The number of nitrogens with one attached hydrogen (secondary N) is 1. The number of likely N-dealkylation sites (N-methyl/N-ethyl adjacent to an activating group) is 1. The van der Waals surface area contributed by atoms with Gasteiger partial charge in [-0.25, -0.2) is 8.42 Å². The number of nitrogens with zero attached hydrogens (tertiary/aromatic N) is 2. The molecule has 0 saturated heterocycles. The van der Waals surface area contributed by atoms with E-state index in [1.54, 1.807) is 24.0 Å². The first-order valence-corrected chi connectivity index (χ1v) is 16.9. The number of rotatable bonds is 11. The summed E-state index contributed by atoms with van der Waals surface area (Å²) in [7, 11) is -1.93. The molecule has 0 bridgehead atoms. The van der Waals surface area contributed by atoms with E-state index in [0.29, 0.717) is 30.4 Å². The Kier molecular flexibility index (Phi) is 10.5. The fraction of sp³-hybridized carbons (Fsp3) is 0.286. The van der Waals surface area contributed by atoms with Crippen LogP contribution in [0.15, 0.2) is 102 Å². The molecule has 1 amide bonds. The molecule has 46 heavy (non-hydrogen) atoms. The molecule has 1 heterocycles. The maximum absolute atomic E-state index is 13.8. The van der Waals surface area contributed by atoms with Gasteiger partial charge in [-0.15, -0.1) is 0 Å². The van der Waals surface area contributed by atoms with Crippen LogP contribution in [0.1, 0.15) is 29.8 Å². The van der Waals surface area contributed by atoms with Crippen molar-refractivity contribution < 1.29 is 27.8 Å². The molecule has 0 spiro atoms. The lowest BCUT2D eigenvalue weighted by molar-refractivity contribution is 0.0341. The number of anilines is 1. The molecule has 0 aliphatic carbocycles. The number of para-hydroxylation sites is 1. The number of ether oxygens (including phenoxy) is 2. The third-order valence-corrected chi connectivity index (χ3v) is 9.54. The SMILES string of the molecule is C[C@H]1CN([C@@H](C)CO)C(=O)c2cc(NS(=O)(=O)c3ccc(Cl)cc3)ccc2O[C@H]1CN(C)Cc1ccc(Oc2ccccc2)cc1. The van der Waals surface area contributed by atoms with E-state index in [1.807, 2.05) is 68.6 Å². The maximum atomic E-state index is 13.8. The van der Waals surface area contributed by atoms with Crippen molar-refractivity contribution in [2.45, 2.75) is 37.4 Å². The van der Waals surface area contributed by atoms with Gasteiger partial charge in [0.2, 0.25) is 0 Å². The quantitative estimate of drug-likeness (QED) is 0.194. The van der Waals surface area contributed by atoms with Crippen LogP contribution in [0, 0.1) is 5.92 Å². The first kappa shape index (κ1) is 33.3. The molecule has 0 saturated carbocycles. The highest BCUT2D eigenvalue weighted by Crippen LogP contribution is 2.32. The zero-order valence-corrected chi connectivity index (χ0v) is 27.5. The van der Waals surface area contributed by atoms with Crippen LogP contribution in [-0.4, -0.2) is 68.1 Å². The van der Waals surface area contributed by atoms with Crippen molar-refractivity contribution in [1.82, 2.24) is 9.80 Å². The highest BCUT2D eigenvalue weighted by Gasteiger charge is 2.33. The summed E-state index contributed by atoms with van der Waals surface area (Å²) in [4.78, 5) is 17.6. The van der Waals surface area contributed by atoms with E-state index in [9.17, 15) is 18.3 Å². The normalized spacial score (nSPS) is 17.4. The third-order valence-electron chi connectivity index (χ3n) is 7.89. The monoisotopic (exact) mass is 663 g/mol. The van der Waals surface area contributed by atoms with Crippen molar-refractivity contribution in [3.8, 4) is 17.2 Å². The van der Waals surface area contributed by atoms with Crippen molar-refractivity contribution >= 4 is 33.2 Å². The number of fused-ring (bicyclic) bond motifs is 1. The van der Waals surface area contributed by atoms with E-state index >= 15 is 0 Å². The molecule has 0 aromatic heterocycles. The molecule has 1 aliphatic heterocycles. The standard InChI is InChI=1S/C35H38ClN3O6S/c1-24-20-39(25(2)23-40)35(41)32-19-28(37-46(42,43)31-16-11-27(36)12-17-31)13-18-33(32)45-34(24)22-38(3)21-26-9-14-30(15-10-26)44-29-7-5-4-6-8-29/h4-19,24-25,34,37,40H,20-23H2,1-3H3/t24-,25-,34-/m0/s1. The lowest BCUT2D eigenvalue weighted by Crippen LogP contribution is -2.49. The molecule has 242 valence electrons. The lowest BCUT2D eigenvalue weighted by atomic mass is 9.99. The number of hydrogen-bond acceptors (Lipinski definition) is 7. The average molecular weight is 664 g/mol. The number of sulfonamides is 1. The highest BCUT2D eigenvalue weighted by molar-refractivity contribution is 7.92. The van der Waals surface area contributed by atoms with Gasteiger partial charge >= 0.3 is 0 Å². The largest absolute Gasteiger partial charge is 0.488 e. The summed E-state index contributed by atoms with van der Waals surface area (Å²) in [6, 6.07) is 27.6. The predicted molar refractivity (Wildman–Crippen MR) is 179 cm³/mol. The fourth-order valence-corrected chi connectivity index (χ4v) is 6.48. The molecule has 2 N–H and O–H groups in total. The Morgan fingerprint density at radius 2 is 1.70 bits per heavy atom. The second kappa shape index (κ2) is 14.6. The van der Waals surface area contributed by atoms with Gasteiger partial charge in [-0.05, 0) is 86.3 Å². The topological polar surface area (TPSA) is 108 Å². The Morgan fingerprint density at radius 1 is 1.02 bits per heavy atom. The van der Waals surface area contributed by atoms with Crippen LogP contribution < -0.4 is 14.2 Å². The molecule has 11 heteroatoms. The summed E-state index contributed by atoms with van der Waals surface area (Å²) in [5, 5.41) is 10.4. The van der Waals surface area contributed by atoms with Crippen LogP contribution in [0.4, 0.5) is 5.69 Å². The molecule has 4 aromatic rings. The zero-order valence-electron chi connectivity index (χ0n) is 26.0. The van der Waals surface area contributed by atoms with Crippen LogP contribution in [0.2, 0.25) is 5.02 Å². The van der Waals surface area contributed by atoms with Gasteiger partial charge in [-0.1, -0.05) is 48.9 Å². The van der Waals surface area contributed by atoms with Crippen molar-refractivity contribution in [2.75, 3.05) is 31.5 Å². The van der Waals surface area contributed by atoms with Crippen LogP contribution in [0.5, 0.6) is 17.2 Å². The van der Waals surface area contributed by atoms with Gasteiger partial charge in [-0.3, -0.25) is 14.4 Å². The summed E-state index contributed by atoms with van der Waals surface area (Å²) in [5.41, 5.74) is 1.53. The number of halogens is 1. The van der Waals surface area contributed by atoms with Gasteiger partial charge in [0.15, 0.2) is 0 Å². The van der Waals surface area contributed by atoms with Crippen LogP contribution >= 0.6 is 11.6 Å². The molecular weight excluding hydrogens is 626 g/mol. The molecule has 0 fully saturated rings. The zero-order chi connectivity index (χ0) is 32.8. The fourth-order valence-electron chi connectivity index (χ4n) is 5.30. The third kappa shape index (κ3) is 8.19. The lowest BCUT2D eigenvalue weighted by Gasteiger charge is -2.38. The maximum Gasteiger partial charge on any atom is 0.261 e. The molecule has 9 nitrogen and oxygen atoms in total. The highest BCUT2D eigenvalue weighted by atomic mass is 35.5. The number of carbonyl (C=O) groups excluding carboxylic acids is 1.